The van der Waals surface area contributed by atoms with Crippen molar-refractivity contribution >= 4 is 29.1 Å². The lowest BCUT2D eigenvalue weighted by Gasteiger charge is -2.12. The van der Waals surface area contributed by atoms with E-state index in [0.29, 0.717) is 5.16 Å². The van der Waals surface area contributed by atoms with Crippen LogP contribution < -0.4 is 5.69 Å². The number of carboxylic acids is 1. The Kier molecular flexibility index (Phi) is 4.66. The smallest absolute Gasteiger partial charge is 0.344 e. The average molecular weight is 313 g/mol. The Hall–Kier alpha value is -1.54. The quantitative estimate of drug-likeness (QED) is 0.796. The number of carbonyl (C=O) groups is 1. The lowest BCUT2D eigenvalue weighted by Crippen LogP contribution is -2.22. The topological polar surface area (TPSA) is 88.0 Å². The standard InChI is InChI=1S/C12H15N3O3S2/c1-7(5-9-4-3-8(2)20-9)15-11(18)13-14-12(15)19-6-10(16)17/h3-4,7H,5-6H2,1-2H3,(H,13,18)(H,16,17). The molecular weight excluding hydrogens is 298 g/mol. The largest absolute Gasteiger partial charge is 0.481 e. The van der Waals surface area contributed by atoms with Crippen LogP contribution in [0.15, 0.2) is 22.1 Å². The van der Waals surface area contributed by atoms with Crippen molar-refractivity contribution in [3.63, 3.8) is 0 Å². The number of thioether (sulfide) groups is 1. The molecule has 2 heterocycles. The van der Waals surface area contributed by atoms with Gasteiger partial charge in [0.15, 0.2) is 5.16 Å². The van der Waals surface area contributed by atoms with Crippen molar-refractivity contribution in [1.29, 1.82) is 0 Å². The zero-order valence-corrected chi connectivity index (χ0v) is 12.8. The van der Waals surface area contributed by atoms with Gasteiger partial charge in [-0.1, -0.05) is 11.8 Å². The summed E-state index contributed by atoms with van der Waals surface area (Å²) in [4.78, 5) is 24.8. The van der Waals surface area contributed by atoms with Gasteiger partial charge in [0.2, 0.25) is 0 Å². The maximum absolute atomic E-state index is 11.8. The minimum absolute atomic E-state index is 0.0735. The Morgan fingerprint density at radius 1 is 1.60 bits per heavy atom. The zero-order valence-electron chi connectivity index (χ0n) is 11.1. The summed E-state index contributed by atoms with van der Waals surface area (Å²) in [7, 11) is 0. The van der Waals surface area contributed by atoms with Gasteiger partial charge in [-0.05, 0) is 26.0 Å². The van der Waals surface area contributed by atoms with Crippen LogP contribution in [0.4, 0.5) is 0 Å². The number of hydrogen-bond donors (Lipinski definition) is 2. The number of aromatic nitrogens is 3. The highest BCUT2D eigenvalue weighted by molar-refractivity contribution is 7.99. The van der Waals surface area contributed by atoms with E-state index >= 15 is 0 Å². The summed E-state index contributed by atoms with van der Waals surface area (Å²) < 4.78 is 1.52. The van der Waals surface area contributed by atoms with Gasteiger partial charge < -0.3 is 5.11 Å². The predicted molar refractivity (Wildman–Crippen MR) is 78.7 cm³/mol. The van der Waals surface area contributed by atoms with Crippen LogP contribution in [0, 0.1) is 6.92 Å². The molecule has 1 unspecified atom stereocenters. The molecule has 6 nitrogen and oxygen atoms in total. The first-order valence-corrected chi connectivity index (χ1v) is 7.84. The van der Waals surface area contributed by atoms with Crippen LogP contribution in [0.5, 0.6) is 0 Å². The molecule has 20 heavy (non-hydrogen) atoms. The summed E-state index contributed by atoms with van der Waals surface area (Å²) in [6.45, 7) is 3.97. The monoisotopic (exact) mass is 313 g/mol. The van der Waals surface area contributed by atoms with Crippen molar-refractivity contribution in [2.24, 2.45) is 0 Å². The lowest BCUT2D eigenvalue weighted by atomic mass is 10.2. The molecule has 0 spiro atoms. The van der Waals surface area contributed by atoms with Crippen molar-refractivity contribution in [3.8, 4) is 0 Å². The molecule has 8 heteroatoms. The van der Waals surface area contributed by atoms with Crippen LogP contribution in [0.3, 0.4) is 0 Å². The van der Waals surface area contributed by atoms with E-state index in [-0.39, 0.29) is 17.5 Å². The molecule has 0 aliphatic heterocycles. The van der Waals surface area contributed by atoms with Crippen LogP contribution in [0.1, 0.15) is 22.7 Å². The van der Waals surface area contributed by atoms with Gasteiger partial charge >= 0.3 is 11.7 Å². The second-order valence-corrected chi connectivity index (χ2v) is 6.74. The Morgan fingerprint density at radius 3 is 2.95 bits per heavy atom. The van der Waals surface area contributed by atoms with Crippen LogP contribution >= 0.6 is 23.1 Å². The molecule has 0 aromatic carbocycles. The van der Waals surface area contributed by atoms with Crippen LogP contribution in [-0.2, 0) is 11.2 Å². The molecule has 2 aromatic rings. The number of aliphatic carboxylic acids is 1. The Bertz CT molecular complexity index is 659. The fourth-order valence-corrected chi connectivity index (χ4v) is 3.66. The summed E-state index contributed by atoms with van der Waals surface area (Å²) >= 11 is 2.74. The fourth-order valence-electron chi connectivity index (χ4n) is 1.88. The number of nitrogens with zero attached hydrogens (tertiary/aromatic N) is 2. The van der Waals surface area contributed by atoms with Gasteiger partial charge in [0, 0.05) is 22.2 Å². The second-order valence-electron chi connectivity index (χ2n) is 4.43. The minimum atomic E-state index is -0.932. The maximum atomic E-state index is 11.8. The molecule has 0 fully saturated rings. The summed E-state index contributed by atoms with van der Waals surface area (Å²) in [5.41, 5.74) is -0.307. The maximum Gasteiger partial charge on any atom is 0.344 e. The molecule has 0 aliphatic rings. The van der Waals surface area contributed by atoms with E-state index in [9.17, 15) is 9.59 Å². The van der Waals surface area contributed by atoms with Crippen molar-refractivity contribution in [2.75, 3.05) is 5.75 Å². The molecule has 1 atom stereocenters. The Balaban J connectivity index is 2.16. The number of H-pyrrole nitrogens is 1. The molecule has 0 aliphatic carbocycles. The van der Waals surface area contributed by atoms with Crippen LogP contribution in [0.25, 0.3) is 0 Å². The van der Waals surface area contributed by atoms with E-state index in [1.807, 2.05) is 26.0 Å². The molecule has 0 saturated carbocycles. The highest BCUT2D eigenvalue weighted by Crippen LogP contribution is 2.23. The molecule has 2 N–H and O–H groups in total. The average Bonchev–Trinajstić information content (AvgIpc) is 2.93. The van der Waals surface area contributed by atoms with Gasteiger partial charge in [0.25, 0.3) is 0 Å². The lowest BCUT2D eigenvalue weighted by molar-refractivity contribution is -0.133. The summed E-state index contributed by atoms with van der Waals surface area (Å²) in [6.07, 6.45) is 0.721. The molecule has 0 amide bonds. The third-order valence-electron chi connectivity index (χ3n) is 2.73. The third-order valence-corrected chi connectivity index (χ3v) is 4.69. The first-order valence-electron chi connectivity index (χ1n) is 6.04. The Morgan fingerprint density at radius 2 is 2.35 bits per heavy atom. The number of aryl methyl sites for hydroxylation is 1. The number of hydrogen-bond acceptors (Lipinski definition) is 5. The van der Waals surface area contributed by atoms with Gasteiger partial charge in [0.05, 0.1) is 5.75 Å². The zero-order chi connectivity index (χ0) is 14.7. The number of aromatic amines is 1. The number of carboxylic acid groups (broad SMARTS) is 1. The van der Waals surface area contributed by atoms with Gasteiger partial charge in [-0.15, -0.1) is 16.4 Å². The summed E-state index contributed by atoms with van der Waals surface area (Å²) in [6, 6.07) is 4.02. The van der Waals surface area contributed by atoms with Crippen molar-refractivity contribution < 1.29 is 9.90 Å². The van der Waals surface area contributed by atoms with Crippen molar-refractivity contribution in [2.45, 2.75) is 31.5 Å². The number of rotatable bonds is 6. The first-order chi connectivity index (χ1) is 9.47. The van der Waals surface area contributed by atoms with Gasteiger partial charge in [-0.2, -0.15) is 0 Å². The van der Waals surface area contributed by atoms with Gasteiger partial charge in [0.1, 0.15) is 0 Å². The van der Waals surface area contributed by atoms with Crippen LogP contribution in [0.2, 0.25) is 0 Å². The van der Waals surface area contributed by atoms with E-state index < -0.39 is 5.97 Å². The first kappa shape index (κ1) is 14.9. The highest BCUT2D eigenvalue weighted by atomic mass is 32.2. The van der Waals surface area contributed by atoms with Gasteiger partial charge in [-0.25, -0.2) is 9.89 Å². The summed E-state index contributed by atoms with van der Waals surface area (Å²) in [5, 5.41) is 15.4. The molecule has 0 bridgehead atoms. The molecule has 0 radical (unpaired) electrons. The van der Waals surface area contributed by atoms with E-state index in [2.05, 4.69) is 10.2 Å². The van der Waals surface area contributed by atoms with Gasteiger partial charge in [-0.3, -0.25) is 9.36 Å². The van der Waals surface area contributed by atoms with Crippen LogP contribution in [-0.4, -0.2) is 31.6 Å². The van der Waals surface area contributed by atoms with Crippen molar-refractivity contribution in [1.82, 2.24) is 14.8 Å². The second kappa shape index (κ2) is 6.27. The molecule has 2 aromatic heterocycles. The molecular formula is C12H15N3O3S2. The number of nitrogens with one attached hydrogen (secondary N) is 1. The summed E-state index contributed by atoms with van der Waals surface area (Å²) in [5.74, 6) is -1.05. The number of thiophene rings is 1. The Labute approximate surface area is 123 Å². The van der Waals surface area contributed by atoms with E-state index in [0.717, 1.165) is 18.2 Å². The normalized spacial score (nSPS) is 12.5. The van der Waals surface area contributed by atoms with E-state index in [1.54, 1.807) is 11.3 Å². The minimum Gasteiger partial charge on any atom is -0.481 e. The molecule has 108 valence electrons. The highest BCUT2D eigenvalue weighted by Gasteiger charge is 2.17. The molecule has 0 saturated heterocycles. The van der Waals surface area contributed by atoms with E-state index in [4.69, 9.17) is 5.11 Å². The predicted octanol–water partition coefficient (Wildman–Crippen LogP) is 1.92. The fraction of sp³-hybridized carbons (Fsp3) is 0.417. The van der Waals surface area contributed by atoms with E-state index in [1.165, 1.54) is 14.3 Å². The SMILES string of the molecule is Cc1ccc(CC(C)n2c(SCC(=O)O)n[nH]c2=O)s1. The molecule has 2 rings (SSSR count). The van der Waals surface area contributed by atoms with Crippen molar-refractivity contribution in [3.05, 3.63) is 32.4 Å². The third kappa shape index (κ3) is 3.51.